The van der Waals surface area contributed by atoms with Crippen molar-refractivity contribution in [3.05, 3.63) is 76.2 Å². The number of halogens is 1. The second kappa shape index (κ2) is 6.90. The molecule has 0 spiro atoms. The fourth-order valence-electron chi connectivity index (χ4n) is 1.82. The molecule has 108 valence electrons. The van der Waals surface area contributed by atoms with Gasteiger partial charge in [-0.3, -0.25) is 0 Å². The van der Waals surface area contributed by atoms with Crippen molar-refractivity contribution in [3.63, 3.8) is 0 Å². The third kappa shape index (κ3) is 4.33. The molecule has 0 fully saturated rings. The molecule has 1 heterocycles. The highest BCUT2D eigenvalue weighted by Crippen LogP contribution is 2.23. The first-order valence-electron chi connectivity index (χ1n) is 6.34. The Balaban J connectivity index is 2.01. The normalized spacial score (nSPS) is 11.2. The quantitative estimate of drug-likeness (QED) is 0.377. The van der Waals surface area contributed by atoms with Crippen molar-refractivity contribution in [1.82, 2.24) is 0 Å². The van der Waals surface area contributed by atoms with E-state index in [4.69, 9.17) is 16.3 Å². The maximum Gasteiger partial charge on any atom is 0.331 e. The first-order valence-corrected chi connectivity index (χ1v) is 6.72. The number of nitrogens with zero attached hydrogens (tertiary/aromatic N) is 1. The zero-order valence-corrected chi connectivity index (χ0v) is 12.2. The molecule has 0 aliphatic rings. The molecule has 0 aliphatic carbocycles. The molecule has 0 amide bonds. The van der Waals surface area contributed by atoms with Gasteiger partial charge in [0.05, 0.1) is 5.56 Å². The summed E-state index contributed by atoms with van der Waals surface area (Å²) in [4.78, 5) is 11.8. The van der Waals surface area contributed by atoms with E-state index in [0.29, 0.717) is 15.3 Å². The molecule has 5 heteroatoms. The monoisotopic (exact) mass is 303 g/mol. The first-order chi connectivity index (χ1) is 10.1. The van der Waals surface area contributed by atoms with Crippen LogP contribution in [-0.2, 0) is 16.1 Å². The number of carbonyl (C=O) groups is 1. The van der Waals surface area contributed by atoms with Crippen molar-refractivity contribution in [2.24, 2.45) is 0 Å². The van der Waals surface area contributed by atoms with Gasteiger partial charge in [0.2, 0.25) is 0 Å². The third-order valence-electron chi connectivity index (χ3n) is 2.85. The molecular weight excluding hydrogens is 290 g/mol. The van der Waals surface area contributed by atoms with Gasteiger partial charge in [-0.05, 0) is 30.2 Å². The Morgan fingerprint density at radius 2 is 2.10 bits per heavy atom. The van der Waals surface area contributed by atoms with Gasteiger partial charge in [-0.25, -0.2) is 4.79 Å². The topological polar surface area (TPSA) is 53.2 Å². The van der Waals surface area contributed by atoms with Gasteiger partial charge >= 0.3 is 5.97 Å². The van der Waals surface area contributed by atoms with E-state index in [1.165, 1.54) is 18.5 Å². The summed E-state index contributed by atoms with van der Waals surface area (Å²) in [5, 5.41) is 11.7. The lowest BCUT2D eigenvalue weighted by Gasteiger charge is -2.05. The van der Waals surface area contributed by atoms with E-state index < -0.39 is 5.97 Å². The number of hydrogen-bond donors (Lipinski definition) is 0. The minimum atomic E-state index is -0.478. The van der Waals surface area contributed by atoms with Crippen LogP contribution < -0.4 is 4.73 Å². The lowest BCUT2D eigenvalue weighted by atomic mass is 10.1. The SMILES string of the molecule is CC(=CC(=O)OCc1ccc[n+]([O-])c1)c1ccccc1Cl. The van der Waals surface area contributed by atoms with Crippen LogP contribution in [-0.4, -0.2) is 5.97 Å². The molecule has 0 radical (unpaired) electrons. The molecule has 0 saturated heterocycles. The molecule has 0 unspecified atom stereocenters. The predicted octanol–water partition coefficient (Wildman–Crippen LogP) is 3.12. The first kappa shape index (κ1) is 15.1. The largest absolute Gasteiger partial charge is 0.619 e. The minimum absolute atomic E-state index is 0.0498. The van der Waals surface area contributed by atoms with Crippen LogP contribution in [0.5, 0.6) is 0 Å². The standard InChI is InChI=1S/C16H14ClNO3/c1-12(14-6-2-3-7-15(14)17)9-16(19)21-11-13-5-4-8-18(20)10-13/h2-10H,11H2,1H3. The Morgan fingerprint density at radius 1 is 1.33 bits per heavy atom. The molecule has 1 aromatic carbocycles. The molecule has 0 bridgehead atoms. The summed E-state index contributed by atoms with van der Waals surface area (Å²) in [5.41, 5.74) is 2.13. The summed E-state index contributed by atoms with van der Waals surface area (Å²) in [7, 11) is 0. The number of allylic oxidation sites excluding steroid dienone is 1. The van der Waals surface area contributed by atoms with E-state index in [2.05, 4.69) is 0 Å². The van der Waals surface area contributed by atoms with Crippen LogP contribution in [0.4, 0.5) is 0 Å². The molecular formula is C16H14ClNO3. The van der Waals surface area contributed by atoms with Crippen LogP contribution in [0.3, 0.4) is 0 Å². The van der Waals surface area contributed by atoms with Gasteiger partial charge in [-0.2, -0.15) is 4.73 Å². The van der Waals surface area contributed by atoms with Gasteiger partial charge in [0.15, 0.2) is 12.4 Å². The van der Waals surface area contributed by atoms with E-state index in [0.717, 1.165) is 11.1 Å². The molecule has 0 N–H and O–H groups in total. The minimum Gasteiger partial charge on any atom is -0.619 e. The van der Waals surface area contributed by atoms with Gasteiger partial charge in [-0.15, -0.1) is 0 Å². The fourth-order valence-corrected chi connectivity index (χ4v) is 2.10. The highest BCUT2D eigenvalue weighted by atomic mass is 35.5. The van der Waals surface area contributed by atoms with Crippen molar-refractivity contribution >= 4 is 23.1 Å². The van der Waals surface area contributed by atoms with Crippen LogP contribution in [0.1, 0.15) is 18.1 Å². The average molecular weight is 304 g/mol. The van der Waals surface area contributed by atoms with Gasteiger partial charge in [0.1, 0.15) is 6.61 Å². The molecule has 0 atom stereocenters. The van der Waals surface area contributed by atoms with Crippen LogP contribution in [0, 0.1) is 5.21 Å². The van der Waals surface area contributed by atoms with Gasteiger partial charge in [0, 0.05) is 17.2 Å². The molecule has 4 nitrogen and oxygen atoms in total. The Bertz CT molecular complexity index is 683. The number of benzene rings is 1. The Hall–Kier alpha value is -2.33. The van der Waals surface area contributed by atoms with Crippen LogP contribution >= 0.6 is 11.6 Å². The predicted molar refractivity (Wildman–Crippen MR) is 80.3 cm³/mol. The van der Waals surface area contributed by atoms with E-state index in [1.54, 1.807) is 25.1 Å². The van der Waals surface area contributed by atoms with Gasteiger partial charge in [-0.1, -0.05) is 29.8 Å². The highest BCUT2D eigenvalue weighted by Gasteiger charge is 2.06. The summed E-state index contributed by atoms with van der Waals surface area (Å²) in [5.74, 6) is -0.478. The maximum absolute atomic E-state index is 11.8. The number of esters is 1. The maximum atomic E-state index is 11.8. The third-order valence-corrected chi connectivity index (χ3v) is 3.18. The summed E-state index contributed by atoms with van der Waals surface area (Å²) in [6.45, 7) is 1.84. The smallest absolute Gasteiger partial charge is 0.331 e. The van der Waals surface area contributed by atoms with E-state index in [1.807, 2.05) is 18.2 Å². The molecule has 2 aromatic rings. The number of aromatic nitrogens is 1. The van der Waals surface area contributed by atoms with Gasteiger partial charge in [0.25, 0.3) is 0 Å². The summed E-state index contributed by atoms with van der Waals surface area (Å²) < 4.78 is 5.77. The number of hydrogen-bond acceptors (Lipinski definition) is 3. The second-order valence-corrected chi connectivity index (χ2v) is 4.89. The van der Waals surface area contributed by atoms with Crippen LogP contribution in [0.2, 0.25) is 5.02 Å². The van der Waals surface area contributed by atoms with Gasteiger partial charge < -0.3 is 9.94 Å². The van der Waals surface area contributed by atoms with Crippen molar-refractivity contribution in [2.45, 2.75) is 13.5 Å². The van der Waals surface area contributed by atoms with Crippen molar-refractivity contribution in [1.29, 1.82) is 0 Å². The molecule has 2 rings (SSSR count). The number of pyridine rings is 1. The number of carbonyl (C=O) groups excluding carboxylic acids is 1. The number of rotatable bonds is 4. The highest BCUT2D eigenvalue weighted by molar-refractivity contribution is 6.32. The van der Waals surface area contributed by atoms with Crippen LogP contribution in [0.25, 0.3) is 5.57 Å². The Morgan fingerprint density at radius 3 is 2.81 bits per heavy atom. The average Bonchev–Trinajstić information content (AvgIpc) is 2.45. The summed E-state index contributed by atoms with van der Waals surface area (Å²) in [6.07, 6.45) is 4.11. The molecule has 21 heavy (non-hydrogen) atoms. The van der Waals surface area contributed by atoms with E-state index in [9.17, 15) is 10.0 Å². The Kier molecular flexibility index (Phi) is 4.95. The molecule has 0 aliphatic heterocycles. The van der Waals surface area contributed by atoms with Crippen LogP contribution in [0.15, 0.2) is 54.9 Å². The molecule has 1 aromatic heterocycles. The Labute approximate surface area is 127 Å². The fraction of sp³-hybridized carbons (Fsp3) is 0.125. The van der Waals surface area contributed by atoms with Crippen molar-refractivity contribution in [3.8, 4) is 0 Å². The zero-order valence-electron chi connectivity index (χ0n) is 11.5. The summed E-state index contributed by atoms with van der Waals surface area (Å²) >= 11 is 6.06. The van der Waals surface area contributed by atoms with E-state index >= 15 is 0 Å². The second-order valence-electron chi connectivity index (χ2n) is 4.49. The van der Waals surface area contributed by atoms with Crippen molar-refractivity contribution < 1.29 is 14.3 Å². The zero-order chi connectivity index (χ0) is 15.2. The summed E-state index contributed by atoms with van der Waals surface area (Å²) in [6, 6.07) is 10.6. The van der Waals surface area contributed by atoms with E-state index in [-0.39, 0.29) is 6.61 Å². The lowest BCUT2D eigenvalue weighted by Crippen LogP contribution is -2.25. The molecule has 0 saturated carbocycles. The van der Waals surface area contributed by atoms with Crippen molar-refractivity contribution in [2.75, 3.05) is 0 Å². The number of ether oxygens (including phenoxy) is 1. The lowest BCUT2D eigenvalue weighted by molar-refractivity contribution is -0.606.